The lowest BCUT2D eigenvalue weighted by atomic mass is 9.93. The van der Waals surface area contributed by atoms with Gasteiger partial charge >= 0.3 is 0 Å². The van der Waals surface area contributed by atoms with Crippen LogP contribution in [0.1, 0.15) is 56.2 Å². The molecule has 0 saturated carbocycles. The molecule has 1 aliphatic carbocycles. The van der Waals surface area contributed by atoms with E-state index in [4.69, 9.17) is 16.0 Å². The predicted molar refractivity (Wildman–Crippen MR) is 121 cm³/mol. The van der Waals surface area contributed by atoms with Gasteiger partial charge in [0.15, 0.2) is 5.76 Å². The Hall–Kier alpha value is -3.38. The Labute approximate surface area is 185 Å². The fourth-order valence-corrected chi connectivity index (χ4v) is 3.81. The number of amides is 2. The summed E-state index contributed by atoms with van der Waals surface area (Å²) in [7, 11) is 0. The number of halogens is 1. The maximum Gasteiger partial charge on any atom is 0.291 e. The SMILES string of the molecule is Cc1ccc(NC(=O)c2oc3c(c2C)/C(=N/NC(=O)c2ccccc2)CCC3)cc1Cl. The fraction of sp³-hybridized carbons (Fsp3) is 0.208. The van der Waals surface area contributed by atoms with Crippen molar-refractivity contribution in [3.05, 3.63) is 87.3 Å². The Morgan fingerprint density at radius 1 is 1.03 bits per heavy atom. The van der Waals surface area contributed by atoms with Crippen molar-refractivity contribution in [2.45, 2.75) is 33.1 Å². The summed E-state index contributed by atoms with van der Waals surface area (Å²) in [4.78, 5) is 25.2. The standard InChI is InChI=1S/C24H22ClN3O3/c1-14-11-12-17(13-18(14)25)26-24(30)22-15(2)21-19(9-6-10-20(21)31-22)27-28-23(29)16-7-4-3-5-8-16/h3-5,7-8,11-13H,6,9-10H2,1-2H3,(H,26,30)(H,28,29)/b27-19+. The number of hydrazone groups is 1. The van der Waals surface area contributed by atoms with Gasteiger partial charge in [-0.25, -0.2) is 5.43 Å². The van der Waals surface area contributed by atoms with Crippen molar-refractivity contribution in [3.63, 3.8) is 0 Å². The molecular weight excluding hydrogens is 414 g/mol. The van der Waals surface area contributed by atoms with Crippen LogP contribution in [0.3, 0.4) is 0 Å². The van der Waals surface area contributed by atoms with Crippen LogP contribution in [-0.4, -0.2) is 17.5 Å². The Kier molecular flexibility index (Phi) is 5.91. The number of aryl methyl sites for hydroxylation is 2. The molecule has 0 atom stereocenters. The predicted octanol–water partition coefficient (Wildman–Crippen LogP) is 5.27. The van der Waals surface area contributed by atoms with Gasteiger partial charge in [-0.2, -0.15) is 5.10 Å². The summed E-state index contributed by atoms with van der Waals surface area (Å²) in [5.41, 5.74) is 6.90. The first-order valence-electron chi connectivity index (χ1n) is 10.1. The number of nitrogens with one attached hydrogen (secondary N) is 2. The molecule has 1 heterocycles. The molecule has 0 spiro atoms. The zero-order valence-corrected chi connectivity index (χ0v) is 18.0. The highest BCUT2D eigenvalue weighted by atomic mass is 35.5. The summed E-state index contributed by atoms with van der Waals surface area (Å²) in [5.74, 6) is 0.323. The molecule has 1 aromatic heterocycles. The third-order valence-electron chi connectivity index (χ3n) is 5.29. The van der Waals surface area contributed by atoms with E-state index < -0.39 is 0 Å². The molecule has 0 unspecified atom stereocenters. The number of hydrogen-bond acceptors (Lipinski definition) is 4. The summed E-state index contributed by atoms with van der Waals surface area (Å²) in [6.07, 6.45) is 2.23. The van der Waals surface area contributed by atoms with Crippen LogP contribution in [0.5, 0.6) is 0 Å². The molecule has 0 radical (unpaired) electrons. The Morgan fingerprint density at radius 2 is 1.81 bits per heavy atom. The summed E-state index contributed by atoms with van der Waals surface area (Å²) in [5, 5.41) is 7.76. The lowest BCUT2D eigenvalue weighted by Gasteiger charge is -2.13. The first-order chi connectivity index (χ1) is 14.9. The number of benzene rings is 2. The van der Waals surface area contributed by atoms with Crippen molar-refractivity contribution in [2.75, 3.05) is 5.32 Å². The average molecular weight is 436 g/mol. The van der Waals surface area contributed by atoms with Gasteiger partial charge in [-0.05, 0) is 56.5 Å². The quantitative estimate of drug-likeness (QED) is 0.547. The molecule has 0 fully saturated rings. The van der Waals surface area contributed by atoms with Gasteiger partial charge in [0.1, 0.15) is 5.76 Å². The topological polar surface area (TPSA) is 83.7 Å². The zero-order valence-electron chi connectivity index (χ0n) is 17.3. The number of anilines is 1. The third kappa shape index (κ3) is 4.39. The molecule has 4 rings (SSSR count). The highest BCUT2D eigenvalue weighted by Gasteiger charge is 2.28. The molecule has 6 nitrogen and oxygen atoms in total. The van der Waals surface area contributed by atoms with E-state index in [1.165, 1.54) is 0 Å². The molecule has 31 heavy (non-hydrogen) atoms. The van der Waals surface area contributed by atoms with E-state index in [0.717, 1.165) is 17.5 Å². The van der Waals surface area contributed by atoms with Crippen LogP contribution in [0, 0.1) is 13.8 Å². The van der Waals surface area contributed by atoms with Crippen LogP contribution in [0.2, 0.25) is 5.02 Å². The summed E-state index contributed by atoms with van der Waals surface area (Å²) < 4.78 is 5.91. The molecule has 2 N–H and O–H groups in total. The molecule has 2 amide bonds. The zero-order chi connectivity index (χ0) is 22.0. The number of fused-ring (bicyclic) bond motifs is 1. The molecule has 0 aliphatic heterocycles. The summed E-state index contributed by atoms with van der Waals surface area (Å²) in [6, 6.07) is 14.2. The number of furan rings is 1. The van der Waals surface area contributed by atoms with Gasteiger partial charge in [-0.15, -0.1) is 0 Å². The second-order valence-corrected chi connectivity index (χ2v) is 7.90. The number of carbonyl (C=O) groups is 2. The molecular formula is C24H22ClN3O3. The van der Waals surface area contributed by atoms with Gasteiger partial charge in [0, 0.05) is 33.8 Å². The average Bonchev–Trinajstić information content (AvgIpc) is 3.12. The fourth-order valence-electron chi connectivity index (χ4n) is 3.63. The lowest BCUT2D eigenvalue weighted by Crippen LogP contribution is -2.22. The molecule has 7 heteroatoms. The van der Waals surface area contributed by atoms with Gasteiger partial charge in [0.25, 0.3) is 11.8 Å². The van der Waals surface area contributed by atoms with Crippen molar-refractivity contribution in [3.8, 4) is 0 Å². The summed E-state index contributed by atoms with van der Waals surface area (Å²) in [6.45, 7) is 3.73. The minimum absolute atomic E-state index is 0.241. The molecule has 2 aromatic carbocycles. The van der Waals surface area contributed by atoms with Gasteiger partial charge in [-0.3, -0.25) is 9.59 Å². The van der Waals surface area contributed by atoms with Crippen LogP contribution in [0.25, 0.3) is 0 Å². The molecule has 0 bridgehead atoms. The van der Waals surface area contributed by atoms with E-state index in [2.05, 4.69) is 15.8 Å². The monoisotopic (exact) mass is 435 g/mol. The molecule has 0 saturated heterocycles. The van der Waals surface area contributed by atoms with E-state index in [-0.39, 0.29) is 17.6 Å². The van der Waals surface area contributed by atoms with Crippen LogP contribution < -0.4 is 10.7 Å². The smallest absolute Gasteiger partial charge is 0.291 e. The van der Waals surface area contributed by atoms with E-state index >= 15 is 0 Å². The van der Waals surface area contributed by atoms with Crippen LogP contribution in [0.15, 0.2) is 58.0 Å². The Balaban J connectivity index is 1.57. The van der Waals surface area contributed by atoms with Crippen molar-refractivity contribution in [2.24, 2.45) is 5.10 Å². The van der Waals surface area contributed by atoms with Crippen molar-refractivity contribution in [1.29, 1.82) is 0 Å². The highest BCUT2D eigenvalue weighted by Crippen LogP contribution is 2.30. The minimum atomic E-state index is -0.348. The van der Waals surface area contributed by atoms with Gasteiger partial charge in [-0.1, -0.05) is 35.9 Å². The molecule has 1 aliphatic rings. The lowest BCUT2D eigenvalue weighted by molar-refractivity contribution is 0.0953. The first kappa shape index (κ1) is 20.9. The third-order valence-corrected chi connectivity index (χ3v) is 5.70. The second kappa shape index (κ2) is 8.78. The summed E-state index contributed by atoms with van der Waals surface area (Å²) >= 11 is 6.16. The van der Waals surface area contributed by atoms with Crippen LogP contribution >= 0.6 is 11.6 Å². The van der Waals surface area contributed by atoms with Gasteiger partial charge in [0.2, 0.25) is 0 Å². The van der Waals surface area contributed by atoms with Crippen LogP contribution in [0.4, 0.5) is 5.69 Å². The number of nitrogens with zero attached hydrogens (tertiary/aromatic N) is 1. The molecule has 3 aromatic rings. The van der Waals surface area contributed by atoms with Crippen molar-refractivity contribution in [1.82, 2.24) is 5.43 Å². The largest absolute Gasteiger partial charge is 0.455 e. The second-order valence-electron chi connectivity index (χ2n) is 7.49. The highest BCUT2D eigenvalue weighted by molar-refractivity contribution is 6.31. The number of rotatable bonds is 4. The molecule has 158 valence electrons. The van der Waals surface area contributed by atoms with Crippen LogP contribution in [-0.2, 0) is 6.42 Å². The van der Waals surface area contributed by atoms with Crippen molar-refractivity contribution < 1.29 is 14.0 Å². The van der Waals surface area contributed by atoms with Gasteiger partial charge < -0.3 is 9.73 Å². The normalized spacial score (nSPS) is 14.2. The number of carbonyl (C=O) groups excluding carboxylic acids is 2. The van der Waals surface area contributed by atoms with Crippen molar-refractivity contribution >= 4 is 34.8 Å². The van der Waals surface area contributed by atoms with E-state index in [9.17, 15) is 9.59 Å². The van der Waals surface area contributed by atoms with E-state index in [1.54, 1.807) is 36.4 Å². The van der Waals surface area contributed by atoms with Gasteiger partial charge in [0.05, 0.1) is 5.71 Å². The van der Waals surface area contributed by atoms with E-state index in [0.29, 0.717) is 46.2 Å². The minimum Gasteiger partial charge on any atom is -0.455 e. The Morgan fingerprint density at radius 3 is 2.55 bits per heavy atom. The maximum absolute atomic E-state index is 12.8. The van der Waals surface area contributed by atoms with E-state index in [1.807, 2.05) is 26.0 Å². The Bertz CT molecular complexity index is 1180. The number of hydrogen-bond donors (Lipinski definition) is 2. The first-order valence-corrected chi connectivity index (χ1v) is 10.4. The maximum atomic E-state index is 12.8.